The van der Waals surface area contributed by atoms with Crippen LogP contribution in [0.25, 0.3) is 0 Å². The average molecular weight is 330 g/mol. The third-order valence-corrected chi connectivity index (χ3v) is 4.58. The first-order chi connectivity index (χ1) is 11.7. The highest BCUT2D eigenvalue weighted by molar-refractivity contribution is 5.46. The van der Waals surface area contributed by atoms with Crippen LogP contribution in [0.2, 0.25) is 0 Å². The van der Waals surface area contributed by atoms with Crippen molar-refractivity contribution < 1.29 is 9.84 Å². The predicted molar refractivity (Wildman–Crippen MR) is 89.0 cm³/mol. The molecule has 0 saturated carbocycles. The summed E-state index contributed by atoms with van der Waals surface area (Å²) in [5, 5.41) is 12.9. The van der Waals surface area contributed by atoms with Crippen LogP contribution >= 0.6 is 0 Å². The van der Waals surface area contributed by atoms with E-state index in [1.54, 1.807) is 6.20 Å². The number of aliphatic hydroxyl groups is 1. The fourth-order valence-electron chi connectivity index (χ4n) is 3.02. The smallest absolute Gasteiger partial charge is 0.227 e. The van der Waals surface area contributed by atoms with E-state index in [2.05, 4.69) is 15.3 Å². The van der Waals surface area contributed by atoms with Crippen LogP contribution in [-0.4, -0.2) is 57.0 Å². The number of nitrogens with one attached hydrogen (secondary N) is 1. The Morgan fingerprint density at radius 1 is 1.38 bits per heavy atom. The molecule has 24 heavy (non-hydrogen) atoms. The van der Waals surface area contributed by atoms with Crippen LogP contribution in [-0.2, 0) is 18.3 Å². The summed E-state index contributed by atoms with van der Waals surface area (Å²) in [5.74, 6) is 2.71. The monoisotopic (exact) mass is 330 g/mol. The summed E-state index contributed by atoms with van der Waals surface area (Å²) in [6, 6.07) is 2.00. The molecule has 128 valence electrons. The molecular formula is C16H22N6O2. The van der Waals surface area contributed by atoms with Gasteiger partial charge in [0.25, 0.3) is 0 Å². The molecule has 4 heterocycles. The highest BCUT2D eigenvalue weighted by Crippen LogP contribution is 2.28. The Balaban J connectivity index is 1.56. The van der Waals surface area contributed by atoms with E-state index in [1.165, 1.54) is 0 Å². The molecule has 8 nitrogen and oxygen atoms in total. The number of ether oxygens (including phenoxy) is 1. The molecule has 0 aromatic carbocycles. The van der Waals surface area contributed by atoms with Gasteiger partial charge in [-0.15, -0.1) is 0 Å². The van der Waals surface area contributed by atoms with Crippen molar-refractivity contribution in [2.24, 2.45) is 7.05 Å². The third kappa shape index (κ3) is 3.07. The van der Waals surface area contributed by atoms with Gasteiger partial charge in [0.15, 0.2) is 0 Å². The molecule has 0 aliphatic carbocycles. The Morgan fingerprint density at radius 3 is 2.92 bits per heavy atom. The Morgan fingerprint density at radius 2 is 2.25 bits per heavy atom. The molecule has 0 amide bonds. The highest BCUT2D eigenvalue weighted by atomic mass is 16.5. The SMILES string of the molecule is Cn1ccnc1CNc1cc(C2CCOC2)nc(N2CC(O)C2)n1. The van der Waals surface area contributed by atoms with Gasteiger partial charge in [-0.05, 0) is 6.42 Å². The van der Waals surface area contributed by atoms with Gasteiger partial charge in [0, 0.05) is 51.1 Å². The first kappa shape index (κ1) is 15.3. The number of aryl methyl sites for hydroxylation is 1. The molecule has 1 atom stereocenters. The zero-order chi connectivity index (χ0) is 16.5. The van der Waals surface area contributed by atoms with Crippen LogP contribution in [0.3, 0.4) is 0 Å². The molecular weight excluding hydrogens is 308 g/mol. The molecule has 0 spiro atoms. The van der Waals surface area contributed by atoms with E-state index in [1.807, 2.05) is 28.8 Å². The van der Waals surface area contributed by atoms with Gasteiger partial charge in [0.05, 0.1) is 24.9 Å². The summed E-state index contributed by atoms with van der Waals surface area (Å²) < 4.78 is 7.47. The Kier molecular flexibility index (Phi) is 4.07. The fourth-order valence-corrected chi connectivity index (χ4v) is 3.02. The molecule has 0 bridgehead atoms. The second-order valence-corrected chi connectivity index (χ2v) is 6.41. The molecule has 2 aromatic heterocycles. The highest BCUT2D eigenvalue weighted by Gasteiger charge is 2.28. The van der Waals surface area contributed by atoms with E-state index in [9.17, 15) is 5.11 Å². The Bertz CT molecular complexity index is 706. The van der Waals surface area contributed by atoms with E-state index in [0.29, 0.717) is 38.1 Å². The third-order valence-electron chi connectivity index (χ3n) is 4.58. The normalized spacial score (nSPS) is 21.1. The average Bonchev–Trinajstić information content (AvgIpc) is 3.21. The summed E-state index contributed by atoms with van der Waals surface area (Å²) >= 11 is 0. The lowest BCUT2D eigenvalue weighted by Crippen LogP contribution is -2.51. The summed E-state index contributed by atoms with van der Waals surface area (Å²) in [5.41, 5.74) is 1.00. The topological polar surface area (TPSA) is 88.3 Å². The minimum Gasteiger partial charge on any atom is -0.389 e. The molecule has 2 saturated heterocycles. The van der Waals surface area contributed by atoms with Crippen molar-refractivity contribution in [3.8, 4) is 0 Å². The van der Waals surface area contributed by atoms with Gasteiger partial charge in [0.1, 0.15) is 11.6 Å². The van der Waals surface area contributed by atoms with E-state index >= 15 is 0 Å². The number of hydrogen-bond acceptors (Lipinski definition) is 7. The Hall–Kier alpha value is -2.19. The standard InChI is InChI=1S/C16H22N6O2/c1-21-4-3-17-15(21)7-18-14-6-13(11-2-5-24-10-11)19-16(20-14)22-8-12(23)9-22/h3-4,6,11-12,23H,2,5,7-10H2,1H3,(H,18,19,20). The van der Waals surface area contributed by atoms with Crippen LogP contribution in [0, 0.1) is 0 Å². The van der Waals surface area contributed by atoms with Crippen molar-refractivity contribution in [1.82, 2.24) is 19.5 Å². The minimum absolute atomic E-state index is 0.281. The van der Waals surface area contributed by atoms with Crippen molar-refractivity contribution in [3.63, 3.8) is 0 Å². The van der Waals surface area contributed by atoms with Gasteiger partial charge in [0.2, 0.25) is 5.95 Å². The van der Waals surface area contributed by atoms with E-state index in [4.69, 9.17) is 9.72 Å². The predicted octanol–water partition coefficient (Wildman–Crippen LogP) is 0.507. The molecule has 2 aliphatic heterocycles. The molecule has 0 radical (unpaired) electrons. The number of rotatable bonds is 5. The first-order valence-corrected chi connectivity index (χ1v) is 8.29. The number of aliphatic hydroxyl groups excluding tert-OH is 1. The van der Waals surface area contributed by atoms with Gasteiger partial charge < -0.3 is 24.6 Å². The van der Waals surface area contributed by atoms with Crippen LogP contribution < -0.4 is 10.2 Å². The maximum atomic E-state index is 9.54. The zero-order valence-electron chi connectivity index (χ0n) is 13.7. The van der Waals surface area contributed by atoms with Gasteiger partial charge in [-0.25, -0.2) is 9.97 Å². The van der Waals surface area contributed by atoms with Gasteiger partial charge in [-0.3, -0.25) is 0 Å². The van der Waals surface area contributed by atoms with Crippen molar-refractivity contribution in [2.45, 2.75) is 25.0 Å². The quantitative estimate of drug-likeness (QED) is 0.825. The zero-order valence-corrected chi connectivity index (χ0v) is 13.7. The molecule has 2 N–H and O–H groups in total. The summed E-state index contributed by atoms with van der Waals surface area (Å²) in [6.45, 7) is 3.26. The van der Waals surface area contributed by atoms with Crippen molar-refractivity contribution in [2.75, 3.05) is 36.5 Å². The lowest BCUT2D eigenvalue weighted by molar-refractivity contribution is 0.140. The van der Waals surface area contributed by atoms with Gasteiger partial charge >= 0.3 is 0 Å². The lowest BCUT2D eigenvalue weighted by Gasteiger charge is -2.36. The fraction of sp³-hybridized carbons (Fsp3) is 0.562. The molecule has 2 fully saturated rings. The maximum absolute atomic E-state index is 9.54. The van der Waals surface area contributed by atoms with Gasteiger partial charge in [-0.1, -0.05) is 0 Å². The van der Waals surface area contributed by atoms with Crippen molar-refractivity contribution in [3.05, 3.63) is 30.0 Å². The number of β-amino-alcohol motifs (C(OH)–C–C–N with tert-alkyl or cyclic N) is 1. The molecule has 2 aromatic rings. The summed E-state index contributed by atoms with van der Waals surface area (Å²) in [4.78, 5) is 15.6. The number of nitrogens with zero attached hydrogens (tertiary/aromatic N) is 5. The van der Waals surface area contributed by atoms with Crippen molar-refractivity contribution >= 4 is 11.8 Å². The van der Waals surface area contributed by atoms with Gasteiger partial charge in [-0.2, -0.15) is 4.98 Å². The second kappa shape index (κ2) is 6.37. The van der Waals surface area contributed by atoms with E-state index < -0.39 is 0 Å². The largest absolute Gasteiger partial charge is 0.389 e. The maximum Gasteiger partial charge on any atom is 0.227 e. The first-order valence-electron chi connectivity index (χ1n) is 8.29. The van der Waals surface area contributed by atoms with E-state index in [0.717, 1.165) is 30.4 Å². The van der Waals surface area contributed by atoms with Crippen LogP contribution in [0.15, 0.2) is 18.5 Å². The van der Waals surface area contributed by atoms with Crippen molar-refractivity contribution in [1.29, 1.82) is 0 Å². The molecule has 8 heteroatoms. The minimum atomic E-state index is -0.281. The number of aromatic nitrogens is 4. The molecule has 2 aliphatic rings. The molecule has 1 unspecified atom stereocenters. The second-order valence-electron chi connectivity index (χ2n) is 6.41. The van der Waals surface area contributed by atoms with Crippen LogP contribution in [0.5, 0.6) is 0 Å². The van der Waals surface area contributed by atoms with Crippen LogP contribution in [0.4, 0.5) is 11.8 Å². The lowest BCUT2D eigenvalue weighted by atomic mass is 10.0. The molecule has 4 rings (SSSR count). The summed E-state index contributed by atoms with van der Waals surface area (Å²) in [7, 11) is 1.97. The van der Waals surface area contributed by atoms with E-state index in [-0.39, 0.29) is 6.10 Å². The summed E-state index contributed by atoms with van der Waals surface area (Å²) in [6.07, 6.45) is 4.41. The van der Waals surface area contributed by atoms with Crippen LogP contribution in [0.1, 0.15) is 23.9 Å². The Labute approximate surface area is 140 Å². The number of hydrogen-bond donors (Lipinski definition) is 2. The number of imidazole rings is 1. The number of anilines is 2.